The lowest BCUT2D eigenvalue weighted by Crippen LogP contribution is -2.25. The van der Waals surface area contributed by atoms with Crippen LogP contribution >= 0.6 is 0 Å². The fraction of sp³-hybridized carbons (Fsp3) is 0.273. The van der Waals surface area contributed by atoms with Crippen molar-refractivity contribution in [2.24, 2.45) is 0 Å². The van der Waals surface area contributed by atoms with Crippen LogP contribution in [0.3, 0.4) is 0 Å². The van der Waals surface area contributed by atoms with Gasteiger partial charge in [0.1, 0.15) is 0 Å². The SMILES string of the molecule is O=c1c(Nn2cccc2)nccn1C1CC1. The number of aromatic nitrogens is 3. The molecule has 0 spiro atoms. The van der Waals surface area contributed by atoms with E-state index in [4.69, 9.17) is 0 Å². The minimum Gasteiger partial charge on any atom is -0.308 e. The largest absolute Gasteiger partial charge is 0.308 e. The van der Waals surface area contributed by atoms with E-state index in [1.165, 1.54) is 0 Å². The Kier molecular flexibility index (Phi) is 2.02. The Morgan fingerprint density at radius 2 is 2.00 bits per heavy atom. The third kappa shape index (κ3) is 1.60. The van der Waals surface area contributed by atoms with E-state index in [9.17, 15) is 4.79 Å². The number of hydrogen-bond acceptors (Lipinski definition) is 3. The van der Waals surface area contributed by atoms with Gasteiger partial charge in [0.2, 0.25) is 5.82 Å². The highest BCUT2D eigenvalue weighted by atomic mass is 16.1. The second-order valence-corrected chi connectivity index (χ2v) is 3.92. The zero-order chi connectivity index (χ0) is 11.0. The molecule has 0 saturated heterocycles. The van der Waals surface area contributed by atoms with Gasteiger partial charge in [0.05, 0.1) is 0 Å². The van der Waals surface area contributed by atoms with Gasteiger partial charge in [0.25, 0.3) is 5.56 Å². The summed E-state index contributed by atoms with van der Waals surface area (Å²) in [7, 11) is 0. The molecule has 2 aromatic heterocycles. The molecular formula is C11H12N4O. The smallest absolute Gasteiger partial charge is 0.295 e. The highest BCUT2D eigenvalue weighted by Crippen LogP contribution is 2.33. The fourth-order valence-electron chi connectivity index (χ4n) is 1.67. The topological polar surface area (TPSA) is 51.9 Å². The van der Waals surface area contributed by atoms with Gasteiger partial charge < -0.3 is 4.57 Å². The molecule has 0 radical (unpaired) electrons. The Hall–Kier alpha value is -2.04. The molecule has 0 bridgehead atoms. The van der Waals surface area contributed by atoms with E-state index in [-0.39, 0.29) is 5.56 Å². The van der Waals surface area contributed by atoms with Crippen LogP contribution in [0.5, 0.6) is 0 Å². The Morgan fingerprint density at radius 1 is 1.25 bits per heavy atom. The molecule has 0 aliphatic heterocycles. The second-order valence-electron chi connectivity index (χ2n) is 3.92. The zero-order valence-electron chi connectivity index (χ0n) is 8.71. The molecule has 1 aliphatic carbocycles. The fourth-order valence-corrected chi connectivity index (χ4v) is 1.67. The van der Waals surface area contributed by atoms with E-state index in [1.807, 2.05) is 24.5 Å². The predicted molar refractivity (Wildman–Crippen MR) is 60.2 cm³/mol. The summed E-state index contributed by atoms with van der Waals surface area (Å²) >= 11 is 0. The summed E-state index contributed by atoms with van der Waals surface area (Å²) in [5.41, 5.74) is 2.89. The van der Waals surface area contributed by atoms with Gasteiger partial charge in [-0.1, -0.05) is 0 Å². The predicted octanol–water partition coefficient (Wildman–Crippen LogP) is 1.25. The summed E-state index contributed by atoms with van der Waals surface area (Å²) in [6.45, 7) is 0. The average molecular weight is 216 g/mol. The minimum absolute atomic E-state index is 0.0568. The van der Waals surface area contributed by atoms with Crippen LogP contribution in [0.4, 0.5) is 5.82 Å². The van der Waals surface area contributed by atoms with Crippen molar-refractivity contribution in [3.8, 4) is 0 Å². The zero-order valence-corrected chi connectivity index (χ0v) is 8.71. The normalized spacial score (nSPS) is 15.0. The molecule has 0 unspecified atom stereocenters. The van der Waals surface area contributed by atoms with Crippen LogP contribution in [0.15, 0.2) is 41.7 Å². The van der Waals surface area contributed by atoms with Gasteiger partial charge in [-0.3, -0.25) is 14.9 Å². The van der Waals surface area contributed by atoms with E-state index in [1.54, 1.807) is 21.6 Å². The molecule has 1 N–H and O–H groups in total. The molecule has 5 heteroatoms. The third-order valence-corrected chi connectivity index (χ3v) is 2.65. The van der Waals surface area contributed by atoms with Crippen molar-refractivity contribution in [1.29, 1.82) is 0 Å². The number of hydrogen-bond donors (Lipinski definition) is 1. The van der Waals surface area contributed by atoms with Gasteiger partial charge in [0.15, 0.2) is 0 Å². The van der Waals surface area contributed by atoms with Gasteiger partial charge >= 0.3 is 0 Å². The molecule has 82 valence electrons. The van der Waals surface area contributed by atoms with Crippen LogP contribution in [-0.2, 0) is 0 Å². The van der Waals surface area contributed by atoms with Crippen LogP contribution in [0.2, 0.25) is 0 Å². The van der Waals surface area contributed by atoms with Crippen LogP contribution < -0.4 is 11.0 Å². The molecule has 1 fully saturated rings. The van der Waals surface area contributed by atoms with Crippen molar-refractivity contribution >= 4 is 5.82 Å². The maximum atomic E-state index is 12.0. The molecule has 16 heavy (non-hydrogen) atoms. The first kappa shape index (κ1) is 9.21. The van der Waals surface area contributed by atoms with Crippen LogP contribution in [0, 0.1) is 0 Å². The standard InChI is InChI=1S/C11H12N4O/c16-11-10(13-14-6-1-2-7-14)12-5-8-15(11)9-3-4-9/h1-2,5-9H,3-4H2,(H,12,13). The Balaban J connectivity index is 1.95. The number of nitrogens with one attached hydrogen (secondary N) is 1. The lowest BCUT2D eigenvalue weighted by atomic mass is 10.5. The molecule has 1 aliphatic rings. The van der Waals surface area contributed by atoms with Crippen LogP contribution in [0.1, 0.15) is 18.9 Å². The Labute approximate surface area is 92.3 Å². The van der Waals surface area contributed by atoms with Gasteiger partial charge in [0, 0.05) is 30.8 Å². The maximum Gasteiger partial charge on any atom is 0.295 e. The molecule has 2 heterocycles. The van der Waals surface area contributed by atoms with E-state index in [0.717, 1.165) is 12.8 Å². The Bertz CT molecular complexity index is 539. The van der Waals surface area contributed by atoms with Crippen molar-refractivity contribution in [1.82, 2.24) is 14.2 Å². The van der Waals surface area contributed by atoms with Crippen molar-refractivity contribution in [2.75, 3.05) is 5.43 Å². The monoisotopic (exact) mass is 216 g/mol. The number of rotatable bonds is 3. The van der Waals surface area contributed by atoms with E-state index in [0.29, 0.717) is 11.9 Å². The minimum atomic E-state index is -0.0568. The first-order chi connectivity index (χ1) is 7.84. The summed E-state index contributed by atoms with van der Waals surface area (Å²) in [6.07, 6.45) is 9.25. The van der Waals surface area contributed by atoms with Crippen molar-refractivity contribution < 1.29 is 0 Å². The summed E-state index contributed by atoms with van der Waals surface area (Å²) in [5.74, 6) is 0.366. The number of anilines is 1. The van der Waals surface area contributed by atoms with Gasteiger partial charge in [-0.25, -0.2) is 4.98 Å². The van der Waals surface area contributed by atoms with E-state index >= 15 is 0 Å². The quantitative estimate of drug-likeness (QED) is 0.840. The second kappa shape index (κ2) is 3.52. The molecule has 0 atom stereocenters. The molecule has 3 rings (SSSR count). The molecule has 5 nitrogen and oxygen atoms in total. The van der Waals surface area contributed by atoms with Gasteiger partial charge in [-0.15, -0.1) is 0 Å². The number of nitrogens with zero attached hydrogens (tertiary/aromatic N) is 3. The van der Waals surface area contributed by atoms with E-state index in [2.05, 4.69) is 10.4 Å². The summed E-state index contributed by atoms with van der Waals surface area (Å²) in [5, 5.41) is 0. The van der Waals surface area contributed by atoms with Gasteiger partial charge in [-0.2, -0.15) is 0 Å². The highest BCUT2D eigenvalue weighted by Gasteiger charge is 2.25. The first-order valence-electron chi connectivity index (χ1n) is 5.32. The highest BCUT2D eigenvalue weighted by molar-refractivity contribution is 5.31. The summed E-state index contributed by atoms with van der Waals surface area (Å²) in [6, 6.07) is 4.14. The molecule has 0 amide bonds. The molecular weight excluding hydrogens is 204 g/mol. The van der Waals surface area contributed by atoms with Crippen LogP contribution in [0.25, 0.3) is 0 Å². The van der Waals surface area contributed by atoms with Crippen molar-refractivity contribution in [3.63, 3.8) is 0 Å². The van der Waals surface area contributed by atoms with Crippen LogP contribution in [-0.4, -0.2) is 14.2 Å². The van der Waals surface area contributed by atoms with Gasteiger partial charge in [-0.05, 0) is 25.0 Å². The van der Waals surface area contributed by atoms with E-state index < -0.39 is 0 Å². The Morgan fingerprint density at radius 3 is 2.69 bits per heavy atom. The van der Waals surface area contributed by atoms with Crippen molar-refractivity contribution in [3.05, 3.63) is 47.3 Å². The molecule has 2 aromatic rings. The molecule has 0 aromatic carbocycles. The average Bonchev–Trinajstić information content (AvgIpc) is 3.00. The third-order valence-electron chi connectivity index (χ3n) is 2.65. The summed E-state index contributed by atoms with van der Waals surface area (Å²) < 4.78 is 3.46. The summed E-state index contributed by atoms with van der Waals surface area (Å²) in [4.78, 5) is 16.1. The van der Waals surface area contributed by atoms with Crippen molar-refractivity contribution in [2.45, 2.75) is 18.9 Å². The molecule has 1 saturated carbocycles. The lowest BCUT2D eigenvalue weighted by molar-refractivity contribution is 0.697. The lowest BCUT2D eigenvalue weighted by Gasteiger charge is -2.08. The first-order valence-corrected chi connectivity index (χ1v) is 5.32. The maximum absolute atomic E-state index is 12.0.